The molecule has 14 heavy (non-hydrogen) atoms. The summed E-state index contributed by atoms with van der Waals surface area (Å²) in [7, 11) is 1.44. The Bertz CT molecular complexity index is 421. The van der Waals surface area contributed by atoms with Crippen LogP contribution in [0.5, 0.6) is 5.75 Å². The smallest absolute Gasteiger partial charge is 0.163 e. The maximum atomic E-state index is 11.2. The minimum Gasteiger partial charge on any atom is -0.495 e. The van der Waals surface area contributed by atoms with Crippen LogP contribution >= 0.6 is 15.9 Å². The van der Waals surface area contributed by atoms with E-state index in [0.29, 0.717) is 21.3 Å². The third-order valence-corrected chi connectivity index (χ3v) is 2.46. The van der Waals surface area contributed by atoms with Crippen molar-refractivity contribution in [1.82, 2.24) is 0 Å². The van der Waals surface area contributed by atoms with Gasteiger partial charge < -0.3 is 4.74 Å². The summed E-state index contributed by atoms with van der Waals surface area (Å²) in [5.74, 6) is 0.209. The SMILES string of the molecule is COc1c(C(C)=O)ccc(Br)c1C#N. The number of hydrogen-bond acceptors (Lipinski definition) is 3. The van der Waals surface area contributed by atoms with Crippen LogP contribution in [-0.2, 0) is 0 Å². The molecule has 0 unspecified atom stereocenters. The van der Waals surface area contributed by atoms with Gasteiger partial charge in [0.1, 0.15) is 17.4 Å². The highest BCUT2D eigenvalue weighted by molar-refractivity contribution is 9.10. The molecule has 1 rings (SSSR count). The van der Waals surface area contributed by atoms with E-state index in [1.54, 1.807) is 12.1 Å². The van der Waals surface area contributed by atoms with Gasteiger partial charge in [-0.05, 0) is 35.0 Å². The van der Waals surface area contributed by atoms with Crippen molar-refractivity contribution in [2.75, 3.05) is 7.11 Å². The molecule has 3 nitrogen and oxygen atoms in total. The van der Waals surface area contributed by atoms with Crippen molar-refractivity contribution in [3.05, 3.63) is 27.7 Å². The molecule has 0 fully saturated rings. The van der Waals surface area contributed by atoms with Crippen LogP contribution in [0.15, 0.2) is 16.6 Å². The molecule has 0 heterocycles. The van der Waals surface area contributed by atoms with E-state index in [1.807, 2.05) is 6.07 Å². The molecule has 0 bridgehead atoms. The van der Waals surface area contributed by atoms with Crippen LogP contribution in [0.4, 0.5) is 0 Å². The molecular formula is C10H8BrNO2. The van der Waals surface area contributed by atoms with Gasteiger partial charge in [0.05, 0.1) is 12.7 Å². The lowest BCUT2D eigenvalue weighted by molar-refractivity contribution is 0.101. The molecule has 4 heteroatoms. The van der Waals surface area contributed by atoms with Crippen LogP contribution in [0.3, 0.4) is 0 Å². The van der Waals surface area contributed by atoms with E-state index in [2.05, 4.69) is 15.9 Å². The number of benzene rings is 1. The van der Waals surface area contributed by atoms with Crippen molar-refractivity contribution in [3.63, 3.8) is 0 Å². The lowest BCUT2D eigenvalue weighted by Crippen LogP contribution is -2.00. The van der Waals surface area contributed by atoms with Crippen molar-refractivity contribution in [2.45, 2.75) is 6.92 Å². The Morgan fingerprint density at radius 1 is 1.57 bits per heavy atom. The number of hydrogen-bond donors (Lipinski definition) is 0. The minimum absolute atomic E-state index is 0.120. The zero-order valence-electron chi connectivity index (χ0n) is 7.80. The van der Waals surface area contributed by atoms with Gasteiger partial charge in [-0.25, -0.2) is 0 Å². The molecule has 0 saturated carbocycles. The number of nitriles is 1. The summed E-state index contributed by atoms with van der Waals surface area (Å²) in [5, 5.41) is 8.87. The Morgan fingerprint density at radius 3 is 2.64 bits per heavy atom. The molecule has 0 amide bonds. The van der Waals surface area contributed by atoms with Crippen LogP contribution in [0.25, 0.3) is 0 Å². The van der Waals surface area contributed by atoms with Gasteiger partial charge in [-0.2, -0.15) is 5.26 Å². The molecule has 0 spiro atoms. The summed E-state index contributed by atoms with van der Waals surface area (Å²) >= 11 is 3.22. The third kappa shape index (κ3) is 1.78. The normalized spacial score (nSPS) is 9.29. The van der Waals surface area contributed by atoms with E-state index >= 15 is 0 Å². The molecule has 72 valence electrons. The lowest BCUT2D eigenvalue weighted by Gasteiger charge is -2.08. The van der Waals surface area contributed by atoms with Crippen molar-refractivity contribution in [2.24, 2.45) is 0 Å². The second-order valence-electron chi connectivity index (χ2n) is 2.67. The number of carbonyl (C=O) groups is 1. The monoisotopic (exact) mass is 253 g/mol. The van der Waals surface area contributed by atoms with Crippen LogP contribution in [0, 0.1) is 11.3 Å². The molecule has 0 aliphatic rings. The molecule has 0 N–H and O–H groups in total. The Kier molecular flexibility index (Phi) is 3.26. The number of carbonyl (C=O) groups excluding carboxylic acids is 1. The van der Waals surface area contributed by atoms with Gasteiger partial charge in [0.2, 0.25) is 0 Å². The average molecular weight is 254 g/mol. The maximum absolute atomic E-state index is 11.2. The maximum Gasteiger partial charge on any atom is 0.163 e. The zero-order valence-corrected chi connectivity index (χ0v) is 9.38. The van der Waals surface area contributed by atoms with Crippen molar-refractivity contribution >= 4 is 21.7 Å². The highest BCUT2D eigenvalue weighted by Crippen LogP contribution is 2.30. The van der Waals surface area contributed by atoms with Gasteiger partial charge in [-0.3, -0.25) is 4.79 Å². The summed E-state index contributed by atoms with van der Waals surface area (Å²) in [6.45, 7) is 1.44. The van der Waals surface area contributed by atoms with Crippen LogP contribution in [0.2, 0.25) is 0 Å². The second-order valence-corrected chi connectivity index (χ2v) is 3.53. The van der Waals surface area contributed by atoms with E-state index in [0.717, 1.165) is 0 Å². The quantitative estimate of drug-likeness (QED) is 0.762. The first-order valence-corrected chi connectivity index (χ1v) is 4.68. The Morgan fingerprint density at radius 2 is 2.21 bits per heavy atom. The number of methoxy groups -OCH3 is 1. The summed E-state index contributed by atoms with van der Waals surface area (Å²) in [6, 6.07) is 5.28. The molecule has 1 aromatic rings. The highest BCUT2D eigenvalue weighted by atomic mass is 79.9. The minimum atomic E-state index is -0.120. The molecule has 0 radical (unpaired) electrons. The Hall–Kier alpha value is -1.34. The van der Waals surface area contributed by atoms with Gasteiger partial charge in [0.25, 0.3) is 0 Å². The number of nitrogens with zero attached hydrogens (tertiary/aromatic N) is 1. The first-order chi connectivity index (χ1) is 6.61. The van der Waals surface area contributed by atoms with Gasteiger partial charge in [-0.1, -0.05) is 0 Å². The van der Waals surface area contributed by atoms with Gasteiger partial charge >= 0.3 is 0 Å². The molecule has 0 saturated heterocycles. The predicted octanol–water partition coefficient (Wildman–Crippen LogP) is 2.53. The van der Waals surface area contributed by atoms with Gasteiger partial charge in [-0.15, -0.1) is 0 Å². The van der Waals surface area contributed by atoms with Crippen molar-refractivity contribution < 1.29 is 9.53 Å². The Balaban J connectivity index is 3.50. The van der Waals surface area contributed by atoms with E-state index in [-0.39, 0.29) is 5.78 Å². The molecule has 0 aliphatic carbocycles. The fourth-order valence-electron chi connectivity index (χ4n) is 1.15. The van der Waals surface area contributed by atoms with E-state index in [9.17, 15) is 4.79 Å². The number of ketones is 1. The van der Waals surface area contributed by atoms with Gasteiger partial charge in [0.15, 0.2) is 5.78 Å². The van der Waals surface area contributed by atoms with Crippen LogP contribution in [0.1, 0.15) is 22.8 Å². The number of rotatable bonds is 2. The van der Waals surface area contributed by atoms with E-state index in [4.69, 9.17) is 10.00 Å². The largest absolute Gasteiger partial charge is 0.495 e. The molecule has 0 aliphatic heterocycles. The number of halogens is 1. The fourth-order valence-corrected chi connectivity index (χ4v) is 1.55. The summed E-state index contributed by atoms with van der Waals surface area (Å²) < 4.78 is 5.66. The van der Waals surface area contributed by atoms with Crippen molar-refractivity contribution in [1.29, 1.82) is 5.26 Å². The van der Waals surface area contributed by atoms with Crippen molar-refractivity contribution in [3.8, 4) is 11.8 Å². The zero-order chi connectivity index (χ0) is 10.7. The third-order valence-electron chi connectivity index (χ3n) is 1.80. The number of ether oxygens (including phenoxy) is 1. The first kappa shape index (κ1) is 10.7. The Labute approximate surface area is 90.4 Å². The summed E-state index contributed by atoms with van der Waals surface area (Å²) in [6.07, 6.45) is 0. The van der Waals surface area contributed by atoms with Crippen LogP contribution in [-0.4, -0.2) is 12.9 Å². The van der Waals surface area contributed by atoms with E-state index in [1.165, 1.54) is 14.0 Å². The topological polar surface area (TPSA) is 50.1 Å². The second kappa shape index (κ2) is 4.25. The standard InChI is InChI=1S/C10H8BrNO2/c1-6(13)7-3-4-9(11)8(5-12)10(7)14-2/h3-4H,1-2H3. The van der Waals surface area contributed by atoms with Gasteiger partial charge in [0, 0.05) is 4.47 Å². The summed E-state index contributed by atoms with van der Waals surface area (Å²) in [4.78, 5) is 11.2. The van der Waals surface area contributed by atoms with Crippen LogP contribution < -0.4 is 4.74 Å². The average Bonchev–Trinajstić information content (AvgIpc) is 2.16. The molecule has 1 aromatic carbocycles. The predicted molar refractivity (Wildman–Crippen MR) is 55.4 cm³/mol. The molecule has 0 atom stereocenters. The molecule has 0 aromatic heterocycles. The molecular weight excluding hydrogens is 246 g/mol. The first-order valence-electron chi connectivity index (χ1n) is 3.89. The summed E-state index contributed by atoms with van der Waals surface area (Å²) in [5.41, 5.74) is 0.771. The highest BCUT2D eigenvalue weighted by Gasteiger charge is 2.14. The van der Waals surface area contributed by atoms with E-state index < -0.39 is 0 Å². The number of Topliss-reactive ketones (excluding diaryl/α,β-unsaturated/α-hetero) is 1. The lowest BCUT2D eigenvalue weighted by atomic mass is 10.1. The fraction of sp³-hybridized carbons (Fsp3) is 0.200.